The third kappa shape index (κ3) is 4.13. The van der Waals surface area contributed by atoms with Crippen molar-refractivity contribution in [1.82, 2.24) is 0 Å². The molecule has 23 heavy (non-hydrogen) atoms. The third-order valence-corrected chi connectivity index (χ3v) is 4.47. The number of aromatic carboxylic acids is 2. The van der Waals surface area contributed by atoms with Gasteiger partial charge in [0.1, 0.15) is 0 Å². The van der Waals surface area contributed by atoms with Crippen molar-refractivity contribution in [2.75, 3.05) is 0 Å². The number of carboxylic acid groups (broad SMARTS) is 2. The molecule has 0 aromatic heterocycles. The monoisotopic (exact) mass is 330 g/mol. The molecule has 0 aliphatic rings. The largest absolute Gasteiger partial charge is 0.478 e. The highest BCUT2D eigenvalue weighted by atomic mass is 32.2. The Balaban J connectivity index is 2.36. The zero-order valence-electron chi connectivity index (χ0n) is 13.2. The van der Waals surface area contributed by atoms with E-state index in [1.165, 1.54) is 35.5 Å². The first-order valence-corrected chi connectivity index (χ1v) is 7.89. The van der Waals surface area contributed by atoms with Crippen LogP contribution in [-0.2, 0) is 5.41 Å². The minimum atomic E-state index is -1.08. The topological polar surface area (TPSA) is 74.6 Å². The van der Waals surface area contributed by atoms with Crippen molar-refractivity contribution in [1.29, 1.82) is 0 Å². The molecule has 0 saturated carbocycles. The van der Waals surface area contributed by atoms with E-state index in [1.54, 1.807) is 0 Å². The van der Waals surface area contributed by atoms with Gasteiger partial charge >= 0.3 is 11.9 Å². The van der Waals surface area contributed by atoms with E-state index in [0.717, 1.165) is 4.90 Å². The fourth-order valence-electron chi connectivity index (χ4n) is 2.07. The van der Waals surface area contributed by atoms with E-state index < -0.39 is 11.9 Å². The van der Waals surface area contributed by atoms with Crippen LogP contribution in [0.1, 0.15) is 47.1 Å². The lowest BCUT2D eigenvalue weighted by Crippen LogP contribution is -2.10. The van der Waals surface area contributed by atoms with Crippen LogP contribution in [0.2, 0.25) is 0 Å². The maximum atomic E-state index is 11.3. The molecule has 0 saturated heterocycles. The molecule has 2 rings (SSSR count). The van der Waals surface area contributed by atoms with Crippen LogP contribution in [0.4, 0.5) is 0 Å². The Labute approximate surface area is 139 Å². The normalized spacial score (nSPS) is 11.3. The number of carboxylic acids is 2. The molecule has 0 aliphatic heterocycles. The molecule has 0 radical (unpaired) electrons. The molecule has 2 aromatic carbocycles. The Hall–Kier alpha value is -2.27. The maximum absolute atomic E-state index is 11.3. The summed E-state index contributed by atoms with van der Waals surface area (Å²) in [4.78, 5) is 23.7. The summed E-state index contributed by atoms with van der Waals surface area (Å²) in [5.74, 6) is -2.15. The zero-order valence-corrected chi connectivity index (χ0v) is 14.0. The summed E-state index contributed by atoms with van der Waals surface area (Å²) in [5, 5.41) is 18.3. The molecule has 5 heteroatoms. The second kappa shape index (κ2) is 6.46. The fraction of sp³-hybridized carbons (Fsp3) is 0.222. The molecule has 0 bridgehead atoms. The van der Waals surface area contributed by atoms with E-state index in [4.69, 9.17) is 5.11 Å². The van der Waals surface area contributed by atoms with Crippen LogP contribution in [0.25, 0.3) is 0 Å². The van der Waals surface area contributed by atoms with Crippen LogP contribution >= 0.6 is 11.8 Å². The summed E-state index contributed by atoms with van der Waals surface area (Å²) in [6, 6.07) is 11.9. The summed E-state index contributed by atoms with van der Waals surface area (Å²) in [6.45, 7) is 6.36. The minimum absolute atomic E-state index is 0.0403. The van der Waals surface area contributed by atoms with Crippen LogP contribution in [-0.4, -0.2) is 22.2 Å². The Morgan fingerprint density at radius 1 is 0.913 bits per heavy atom. The average Bonchev–Trinajstić information content (AvgIpc) is 2.46. The quantitative estimate of drug-likeness (QED) is 0.861. The van der Waals surface area contributed by atoms with Crippen molar-refractivity contribution < 1.29 is 19.8 Å². The number of hydrogen-bond acceptors (Lipinski definition) is 3. The molecule has 0 spiro atoms. The Kier molecular flexibility index (Phi) is 4.80. The number of carbonyl (C=O) groups is 2. The van der Waals surface area contributed by atoms with Gasteiger partial charge in [-0.25, -0.2) is 9.59 Å². The van der Waals surface area contributed by atoms with Crippen LogP contribution in [0, 0.1) is 0 Å². The molecule has 2 N–H and O–H groups in total. The first-order chi connectivity index (χ1) is 10.7. The smallest absolute Gasteiger partial charge is 0.336 e. The first kappa shape index (κ1) is 17.1. The van der Waals surface area contributed by atoms with Gasteiger partial charge in [0, 0.05) is 9.79 Å². The van der Waals surface area contributed by atoms with Crippen LogP contribution < -0.4 is 0 Å². The van der Waals surface area contributed by atoms with Gasteiger partial charge in [-0.1, -0.05) is 44.7 Å². The zero-order chi connectivity index (χ0) is 17.2. The number of hydrogen-bond donors (Lipinski definition) is 2. The lowest BCUT2D eigenvalue weighted by atomic mass is 9.87. The van der Waals surface area contributed by atoms with Crippen molar-refractivity contribution in [2.24, 2.45) is 0 Å². The van der Waals surface area contributed by atoms with Crippen LogP contribution in [0.5, 0.6) is 0 Å². The molecular weight excluding hydrogens is 312 g/mol. The molecule has 0 heterocycles. The van der Waals surface area contributed by atoms with Crippen molar-refractivity contribution in [3.05, 3.63) is 59.2 Å². The van der Waals surface area contributed by atoms with Crippen LogP contribution in [0.3, 0.4) is 0 Å². The van der Waals surface area contributed by atoms with Crippen molar-refractivity contribution >= 4 is 23.7 Å². The average molecular weight is 330 g/mol. The molecule has 0 atom stereocenters. The second-order valence-corrected chi connectivity index (χ2v) is 7.31. The first-order valence-electron chi connectivity index (χ1n) is 7.07. The Morgan fingerprint density at radius 3 is 2.00 bits per heavy atom. The van der Waals surface area contributed by atoms with Gasteiger partial charge in [0.2, 0.25) is 0 Å². The number of rotatable bonds is 4. The van der Waals surface area contributed by atoms with Crippen molar-refractivity contribution in [2.45, 2.75) is 36.0 Å². The predicted molar refractivity (Wildman–Crippen MR) is 89.6 cm³/mol. The van der Waals surface area contributed by atoms with E-state index in [0.29, 0.717) is 4.90 Å². The van der Waals surface area contributed by atoms with E-state index in [2.05, 4.69) is 20.8 Å². The van der Waals surface area contributed by atoms with Gasteiger partial charge < -0.3 is 10.2 Å². The van der Waals surface area contributed by atoms with Gasteiger partial charge in [0.05, 0.1) is 11.1 Å². The van der Waals surface area contributed by atoms with Gasteiger partial charge in [0.15, 0.2) is 0 Å². The van der Waals surface area contributed by atoms with E-state index in [1.807, 2.05) is 24.3 Å². The molecule has 0 fully saturated rings. The molecule has 4 nitrogen and oxygen atoms in total. The molecule has 120 valence electrons. The Morgan fingerprint density at radius 2 is 1.52 bits per heavy atom. The molecule has 2 aromatic rings. The Bertz CT molecular complexity index is 743. The highest BCUT2D eigenvalue weighted by Gasteiger charge is 2.16. The third-order valence-electron chi connectivity index (χ3n) is 3.41. The van der Waals surface area contributed by atoms with E-state index >= 15 is 0 Å². The van der Waals surface area contributed by atoms with E-state index in [9.17, 15) is 14.7 Å². The van der Waals surface area contributed by atoms with Gasteiger partial charge in [-0.3, -0.25) is 0 Å². The van der Waals surface area contributed by atoms with Gasteiger partial charge in [-0.15, -0.1) is 0 Å². The molecule has 0 aliphatic carbocycles. The molecule has 0 amide bonds. The van der Waals surface area contributed by atoms with Crippen molar-refractivity contribution in [3.8, 4) is 0 Å². The maximum Gasteiger partial charge on any atom is 0.336 e. The summed E-state index contributed by atoms with van der Waals surface area (Å²) in [5.41, 5.74) is 1.39. The molecular formula is C18H18O4S. The fourth-order valence-corrected chi connectivity index (χ4v) is 3.04. The summed E-state index contributed by atoms with van der Waals surface area (Å²) < 4.78 is 0. The number of benzene rings is 2. The standard InChI is InChI=1S/C18H18O4S/c1-18(2,3)12-5-7-13(8-6-12)23-15-10-11(16(19)20)4-9-14(15)17(21)22/h4-10H,1-3H3,(H,19,20)(H,21,22). The summed E-state index contributed by atoms with van der Waals surface area (Å²) in [7, 11) is 0. The lowest BCUT2D eigenvalue weighted by molar-refractivity contribution is 0.0678. The van der Waals surface area contributed by atoms with Gasteiger partial charge in [-0.2, -0.15) is 0 Å². The van der Waals surface area contributed by atoms with Gasteiger partial charge in [0.25, 0.3) is 0 Å². The minimum Gasteiger partial charge on any atom is -0.478 e. The van der Waals surface area contributed by atoms with Crippen molar-refractivity contribution in [3.63, 3.8) is 0 Å². The second-order valence-electron chi connectivity index (χ2n) is 6.20. The highest BCUT2D eigenvalue weighted by molar-refractivity contribution is 7.99. The lowest BCUT2D eigenvalue weighted by Gasteiger charge is -2.19. The molecule has 0 unspecified atom stereocenters. The SMILES string of the molecule is CC(C)(C)c1ccc(Sc2cc(C(=O)O)ccc2C(=O)O)cc1. The van der Waals surface area contributed by atoms with Gasteiger partial charge in [-0.05, 0) is 41.3 Å². The summed E-state index contributed by atoms with van der Waals surface area (Å²) >= 11 is 1.25. The summed E-state index contributed by atoms with van der Waals surface area (Å²) in [6.07, 6.45) is 0. The van der Waals surface area contributed by atoms with Crippen LogP contribution in [0.15, 0.2) is 52.3 Å². The predicted octanol–water partition coefficient (Wildman–Crippen LogP) is 4.53. The van der Waals surface area contributed by atoms with E-state index in [-0.39, 0.29) is 16.5 Å². The highest BCUT2D eigenvalue weighted by Crippen LogP contribution is 2.33.